The number of hydrogen-bond acceptors (Lipinski definition) is 4. The number of sulfonamides is 2. The van der Waals surface area contributed by atoms with Crippen molar-refractivity contribution < 1.29 is 25.6 Å². The van der Waals surface area contributed by atoms with Crippen LogP contribution in [0, 0.1) is 11.6 Å². The van der Waals surface area contributed by atoms with Gasteiger partial charge in [0, 0.05) is 0 Å². The minimum atomic E-state index is -4.12. The van der Waals surface area contributed by atoms with E-state index in [0.717, 1.165) is 48.5 Å². The molecular formula is C18H12F2N2O4S2-2. The molecule has 0 aliphatic carbocycles. The summed E-state index contributed by atoms with van der Waals surface area (Å²) in [7, 11) is -8.24. The highest BCUT2D eigenvalue weighted by Crippen LogP contribution is 2.34. The summed E-state index contributed by atoms with van der Waals surface area (Å²) in [6.45, 7) is 0. The molecule has 0 N–H and O–H groups in total. The quantitative estimate of drug-likeness (QED) is 0.572. The van der Waals surface area contributed by atoms with E-state index in [1.165, 1.54) is 24.3 Å². The van der Waals surface area contributed by atoms with Gasteiger partial charge in [0.2, 0.25) is 0 Å². The molecule has 0 saturated heterocycles. The van der Waals surface area contributed by atoms with Crippen molar-refractivity contribution in [3.63, 3.8) is 0 Å². The van der Waals surface area contributed by atoms with Crippen LogP contribution in [0.25, 0.3) is 9.44 Å². The number of benzene rings is 3. The topological polar surface area (TPSA) is 96.5 Å². The van der Waals surface area contributed by atoms with Crippen LogP contribution < -0.4 is 0 Å². The lowest BCUT2D eigenvalue weighted by molar-refractivity contribution is 0.600. The van der Waals surface area contributed by atoms with Crippen molar-refractivity contribution in [2.75, 3.05) is 0 Å². The zero-order valence-electron chi connectivity index (χ0n) is 14.0. The molecule has 0 aliphatic rings. The second-order valence-electron chi connectivity index (χ2n) is 5.56. The van der Waals surface area contributed by atoms with Crippen molar-refractivity contribution in [3.05, 3.63) is 93.9 Å². The maximum absolute atomic E-state index is 13.0. The fourth-order valence-electron chi connectivity index (χ4n) is 2.20. The lowest BCUT2D eigenvalue weighted by Gasteiger charge is -2.27. The molecule has 0 atom stereocenters. The van der Waals surface area contributed by atoms with Gasteiger partial charge in [-0.1, -0.05) is 24.3 Å². The minimum absolute atomic E-state index is 0.0557. The van der Waals surface area contributed by atoms with E-state index in [1.54, 1.807) is 0 Å². The Hall–Kier alpha value is -2.98. The van der Waals surface area contributed by atoms with Gasteiger partial charge in [-0.25, -0.2) is 25.6 Å². The Labute approximate surface area is 160 Å². The van der Waals surface area contributed by atoms with Gasteiger partial charge in [-0.2, -0.15) is 0 Å². The summed E-state index contributed by atoms with van der Waals surface area (Å²) in [4.78, 5) is -0.426. The van der Waals surface area contributed by atoms with E-state index in [4.69, 9.17) is 0 Å². The molecule has 3 aromatic rings. The van der Waals surface area contributed by atoms with E-state index >= 15 is 0 Å². The standard InChI is InChI=1S/C18H12F2N2O4S2/c19-13-4-8-17(9-5-13)27(23,24)21-15-2-1-3-16(12-15)22-28(25,26)18-10-6-14(20)7-11-18/h1-12H/q-2. The van der Waals surface area contributed by atoms with Gasteiger partial charge in [-0.15, -0.1) is 11.4 Å². The summed E-state index contributed by atoms with van der Waals surface area (Å²) >= 11 is 0. The first kappa shape index (κ1) is 19.8. The summed E-state index contributed by atoms with van der Waals surface area (Å²) in [5.74, 6) is -1.18. The highest BCUT2D eigenvalue weighted by atomic mass is 32.2. The van der Waals surface area contributed by atoms with E-state index in [-0.39, 0.29) is 21.2 Å². The van der Waals surface area contributed by atoms with Crippen molar-refractivity contribution in [3.8, 4) is 0 Å². The molecular weight excluding hydrogens is 410 g/mol. The Kier molecular flexibility index (Phi) is 5.34. The maximum atomic E-state index is 13.0. The van der Waals surface area contributed by atoms with Crippen LogP contribution in [0.3, 0.4) is 0 Å². The Morgan fingerprint density at radius 2 is 0.929 bits per heavy atom. The van der Waals surface area contributed by atoms with Crippen LogP contribution in [0.2, 0.25) is 0 Å². The Balaban J connectivity index is 1.82. The maximum Gasteiger partial charge on any atom is 0.123 e. The Morgan fingerprint density at radius 3 is 1.29 bits per heavy atom. The summed E-state index contributed by atoms with van der Waals surface area (Å²) in [6, 6.07) is 13.5. The lowest BCUT2D eigenvalue weighted by atomic mass is 10.3. The summed E-state index contributed by atoms with van der Waals surface area (Å²) in [5.41, 5.74) is -0.111. The van der Waals surface area contributed by atoms with Crippen LogP contribution in [-0.4, -0.2) is 16.8 Å². The molecule has 0 bridgehead atoms. The predicted octanol–water partition coefficient (Wildman–Crippen LogP) is 4.75. The fraction of sp³-hybridized carbons (Fsp3) is 0. The SMILES string of the molecule is O=S(=O)([N-]c1cccc([N-]S(=O)(=O)c2ccc(F)cc2)c1)c1ccc(F)cc1. The van der Waals surface area contributed by atoms with Gasteiger partial charge in [0.1, 0.15) is 31.7 Å². The van der Waals surface area contributed by atoms with Crippen molar-refractivity contribution in [2.24, 2.45) is 0 Å². The van der Waals surface area contributed by atoms with Crippen LogP contribution in [-0.2, 0) is 20.0 Å². The Bertz CT molecular complexity index is 1100. The van der Waals surface area contributed by atoms with Gasteiger partial charge in [0.05, 0.1) is 9.79 Å². The second-order valence-corrected chi connectivity index (χ2v) is 8.77. The Morgan fingerprint density at radius 1 is 0.571 bits per heavy atom. The van der Waals surface area contributed by atoms with E-state index in [0.29, 0.717) is 0 Å². The molecule has 6 nitrogen and oxygen atoms in total. The van der Waals surface area contributed by atoms with Gasteiger partial charge >= 0.3 is 0 Å². The zero-order chi connectivity index (χ0) is 20.4. The zero-order valence-corrected chi connectivity index (χ0v) is 15.7. The minimum Gasteiger partial charge on any atom is -0.573 e. The molecule has 0 amide bonds. The molecule has 0 unspecified atom stereocenters. The molecule has 0 spiro atoms. The molecule has 10 heteroatoms. The number of halogens is 2. The largest absolute Gasteiger partial charge is 0.573 e. The van der Waals surface area contributed by atoms with Gasteiger partial charge in [-0.05, 0) is 48.5 Å². The average Bonchev–Trinajstić information content (AvgIpc) is 2.62. The van der Waals surface area contributed by atoms with Gasteiger partial charge in [0.25, 0.3) is 0 Å². The third-order valence-corrected chi connectivity index (χ3v) is 6.14. The molecule has 28 heavy (non-hydrogen) atoms. The highest BCUT2D eigenvalue weighted by molar-refractivity contribution is 7.94. The monoisotopic (exact) mass is 422 g/mol. The van der Waals surface area contributed by atoms with Crippen molar-refractivity contribution >= 4 is 31.4 Å². The number of rotatable bonds is 6. The first-order chi connectivity index (χ1) is 13.2. The number of nitrogens with zero attached hydrogens (tertiary/aromatic N) is 2. The molecule has 3 aromatic carbocycles. The third-order valence-electron chi connectivity index (χ3n) is 3.50. The van der Waals surface area contributed by atoms with E-state index < -0.39 is 31.7 Å². The number of hydrogen-bond donors (Lipinski definition) is 0. The van der Waals surface area contributed by atoms with Crippen LogP contribution in [0.1, 0.15) is 0 Å². The molecule has 146 valence electrons. The molecule has 0 fully saturated rings. The summed E-state index contributed by atoms with van der Waals surface area (Å²) < 4.78 is 82.3. The predicted molar refractivity (Wildman–Crippen MR) is 99.7 cm³/mol. The van der Waals surface area contributed by atoms with Crippen molar-refractivity contribution in [1.29, 1.82) is 0 Å². The van der Waals surface area contributed by atoms with Gasteiger partial charge < -0.3 is 9.44 Å². The van der Waals surface area contributed by atoms with Crippen molar-refractivity contribution in [1.82, 2.24) is 0 Å². The molecule has 0 aromatic heterocycles. The molecule has 0 aliphatic heterocycles. The molecule has 0 heterocycles. The summed E-state index contributed by atoms with van der Waals surface area (Å²) in [6.07, 6.45) is 0. The average molecular weight is 422 g/mol. The lowest BCUT2D eigenvalue weighted by Crippen LogP contribution is -1.98. The highest BCUT2D eigenvalue weighted by Gasteiger charge is 2.06. The van der Waals surface area contributed by atoms with Crippen LogP contribution in [0.4, 0.5) is 20.2 Å². The van der Waals surface area contributed by atoms with Gasteiger partial charge in [0.15, 0.2) is 0 Å². The van der Waals surface area contributed by atoms with Crippen LogP contribution in [0.15, 0.2) is 82.6 Å². The third kappa shape index (κ3) is 4.65. The normalized spacial score (nSPS) is 11.8. The smallest absolute Gasteiger partial charge is 0.123 e. The summed E-state index contributed by atoms with van der Waals surface area (Å²) in [5, 5.41) is 0. The first-order valence-electron chi connectivity index (χ1n) is 7.73. The van der Waals surface area contributed by atoms with E-state index in [1.807, 2.05) is 0 Å². The van der Waals surface area contributed by atoms with E-state index in [9.17, 15) is 25.6 Å². The second kappa shape index (κ2) is 7.56. The molecule has 3 rings (SSSR count). The van der Waals surface area contributed by atoms with Gasteiger partial charge in [-0.3, -0.25) is 0 Å². The fourth-order valence-corrected chi connectivity index (χ4v) is 4.16. The first-order valence-corrected chi connectivity index (χ1v) is 10.6. The van der Waals surface area contributed by atoms with E-state index in [2.05, 4.69) is 9.44 Å². The molecule has 0 saturated carbocycles. The molecule has 0 radical (unpaired) electrons. The van der Waals surface area contributed by atoms with Crippen LogP contribution in [0.5, 0.6) is 0 Å². The van der Waals surface area contributed by atoms with Crippen molar-refractivity contribution in [2.45, 2.75) is 9.79 Å². The van der Waals surface area contributed by atoms with Crippen LogP contribution >= 0.6 is 0 Å².